The number of esters is 1. The lowest BCUT2D eigenvalue weighted by Crippen LogP contribution is -2.53. The first-order valence-electron chi connectivity index (χ1n) is 10.1. The van der Waals surface area contributed by atoms with Crippen LogP contribution >= 0.6 is 0 Å². The van der Waals surface area contributed by atoms with Crippen molar-refractivity contribution in [2.45, 2.75) is 77.4 Å². The van der Waals surface area contributed by atoms with Gasteiger partial charge >= 0.3 is 11.9 Å². The number of ether oxygens (including phenoxy) is 2. The van der Waals surface area contributed by atoms with Gasteiger partial charge in [0.2, 0.25) is 0 Å². The molecule has 29 heavy (non-hydrogen) atoms. The molecule has 7 heteroatoms. The number of hydrogen-bond donors (Lipinski definition) is 0. The molecule has 1 unspecified atom stereocenters. The molecule has 0 bridgehead atoms. The Morgan fingerprint density at radius 2 is 1.59 bits per heavy atom. The summed E-state index contributed by atoms with van der Waals surface area (Å²) in [5, 5.41) is 10.7. The van der Waals surface area contributed by atoms with Gasteiger partial charge in [-0.3, -0.25) is 0 Å². The molecule has 0 amide bonds. The Hall–Kier alpha value is -2.18. The van der Waals surface area contributed by atoms with Gasteiger partial charge in [0.1, 0.15) is 17.3 Å². The van der Waals surface area contributed by atoms with Gasteiger partial charge in [-0.25, -0.2) is 4.79 Å². The predicted molar refractivity (Wildman–Crippen MR) is 102 cm³/mol. The fourth-order valence-electron chi connectivity index (χ4n) is 3.77. The van der Waals surface area contributed by atoms with Crippen molar-refractivity contribution < 1.29 is 33.0 Å². The number of halogens is 2. The van der Waals surface area contributed by atoms with E-state index in [0.717, 1.165) is 25.7 Å². The third-order valence-corrected chi connectivity index (χ3v) is 5.63. The van der Waals surface area contributed by atoms with Gasteiger partial charge in [0.15, 0.2) is 6.10 Å². The Morgan fingerprint density at radius 3 is 2.03 bits per heavy atom. The number of alkyl halides is 2. The van der Waals surface area contributed by atoms with Crippen LogP contribution in [0.25, 0.3) is 0 Å². The molecule has 0 aromatic heterocycles. The van der Waals surface area contributed by atoms with Crippen LogP contribution in [0.2, 0.25) is 0 Å². The SMILES string of the molecule is CC(C)C(OC(=O)c1ccc(OC2(C(C)C)CCCCC2)cc1)C(F)(F)C(=O)[O-]. The topological polar surface area (TPSA) is 75.7 Å². The van der Waals surface area contributed by atoms with Crippen molar-refractivity contribution in [3.63, 3.8) is 0 Å². The van der Waals surface area contributed by atoms with Crippen molar-refractivity contribution in [3.05, 3.63) is 29.8 Å². The summed E-state index contributed by atoms with van der Waals surface area (Å²) in [5.41, 5.74) is -0.209. The zero-order chi connectivity index (χ0) is 21.8. The zero-order valence-electron chi connectivity index (χ0n) is 17.4. The smallest absolute Gasteiger partial charge is 0.338 e. The minimum absolute atomic E-state index is 0.0411. The van der Waals surface area contributed by atoms with E-state index >= 15 is 0 Å². The van der Waals surface area contributed by atoms with Crippen molar-refractivity contribution in [2.24, 2.45) is 11.8 Å². The standard InChI is InChI=1S/C22H30F2O5/c1-14(2)18(22(23,24)20(26)27)28-19(25)16-8-10-17(11-9-16)29-21(15(3)4)12-6-5-7-13-21/h8-11,14-15,18H,5-7,12-13H2,1-4H3,(H,26,27)/p-1. The van der Waals surface area contributed by atoms with Gasteiger partial charge in [0.25, 0.3) is 0 Å². The van der Waals surface area contributed by atoms with E-state index in [2.05, 4.69) is 13.8 Å². The number of carboxylic acids is 1. The Morgan fingerprint density at radius 1 is 1.03 bits per heavy atom. The van der Waals surface area contributed by atoms with Crippen molar-refractivity contribution in [3.8, 4) is 5.75 Å². The van der Waals surface area contributed by atoms with Gasteiger partial charge < -0.3 is 19.4 Å². The van der Waals surface area contributed by atoms with Crippen LogP contribution in [0.1, 0.15) is 70.2 Å². The van der Waals surface area contributed by atoms with E-state index in [9.17, 15) is 23.5 Å². The van der Waals surface area contributed by atoms with E-state index in [4.69, 9.17) is 9.47 Å². The fraction of sp³-hybridized carbons (Fsp3) is 0.636. The van der Waals surface area contributed by atoms with Crippen LogP contribution in [-0.4, -0.2) is 29.6 Å². The Kier molecular flexibility index (Phi) is 7.25. The third kappa shape index (κ3) is 5.25. The number of hydrogen-bond acceptors (Lipinski definition) is 5. The van der Waals surface area contributed by atoms with Crippen LogP contribution in [0.4, 0.5) is 8.78 Å². The predicted octanol–water partition coefficient (Wildman–Crippen LogP) is 3.99. The molecule has 0 spiro atoms. The zero-order valence-corrected chi connectivity index (χ0v) is 17.4. The second-order valence-electron chi connectivity index (χ2n) is 8.39. The molecule has 162 valence electrons. The molecule has 1 saturated carbocycles. The fourth-order valence-corrected chi connectivity index (χ4v) is 3.77. The molecule has 0 N–H and O–H groups in total. The highest BCUT2D eigenvalue weighted by molar-refractivity contribution is 5.90. The van der Waals surface area contributed by atoms with Crippen molar-refractivity contribution in [1.29, 1.82) is 0 Å². The van der Waals surface area contributed by atoms with Crippen LogP contribution in [-0.2, 0) is 9.53 Å². The molecule has 0 heterocycles. The van der Waals surface area contributed by atoms with E-state index in [0.29, 0.717) is 11.7 Å². The maximum atomic E-state index is 13.8. The van der Waals surface area contributed by atoms with Gasteiger partial charge in [0.05, 0.1) is 5.56 Å². The summed E-state index contributed by atoms with van der Waals surface area (Å²) >= 11 is 0. The number of benzene rings is 1. The lowest BCUT2D eigenvalue weighted by molar-refractivity contribution is -0.337. The first kappa shape index (κ1) is 23.1. The second-order valence-corrected chi connectivity index (χ2v) is 8.39. The molecule has 0 aliphatic heterocycles. The number of carboxylic acid groups (broad SMARTS) is 1. The van der Waals surface area contributed by atoms with Gasteiger partial charge in [-0.15, -0.1) is 0 Å². The van der Waals surface area contributed by atoms with Gasteiger partial charge in [-0.1, -0.05) is 34.1 Å². The molecular formula is C22H29F2O5-. The summed E-state index contributed by atoms with van der Waals surface area (Å²) in [4.78, 5) is 23.0. The number of rotatable bonds is 8. The van der Waals surface area contributed by atoms with Gasteiger partial charge in [0, 0.05) is 0 Å². The molecule has 0 saturated heterocycles. The summed E-state index contributed by atoms with van der Waals surface area (Å²) in [6.07, 6.45) is 3.20. The number of carbonyl (C=O) groups excluding carboxylic acids is 2. The Labute approximate surface area is 170 Å². The quantitative estimate of drug-likeness (QED) is 0.605. The highest BCUT2D eigenvalue weighted by atomic mass is 19.3. The first-order chi connectivity index (χ1) is 13.5. The third-order valence-electron chi connectivity index (χ3n) is 5.63. The van der Waals surface area contributed by atoms with E-state index in [1.165, 1.54) is 32.4 Å². The van der Waals surface area contributed by atoms with E-state index in [-0.39, 0.29) is 11.2 Å². The molecule has 2 rings (SSSR count). The van der Waals surface area contributed by atoms with E-state index < -0.39 is 29.9 Å². The summed E-state index contributed by atoms with van der Waals surface area (Å²) in [6.45, 7) is 6.95. The largest absolute Gasteiger partial charge is 0.544 e. The minimum Gasteiger partial charge on any atom is -0.544 e. The normalized spacial score (nSPS) is 17.8. The van der Waals surface area contributed by atoms with Crippen LogP contribution in [0.3, 0.4) is 0 Å². The summed E-state index contributed by atoms with van der Waals surface area (Å²) in [5.74, 6) is -7.86. The van der Waals surface area contributed by atoms with E-state index in [1.807, 2.05) is 0 Å². The molecule has 5 nitrogen and oxygen atoms in total. The maximum absolute atomic E-state index is 13.8. The molecule has 1 aliphatic carbocycles. The average molecular weight is 411 g/mol. The molecule has 1 aliphatic rings. The number of aliphatic carboxylic acids is 1. The van der Waals surface area contributed by atoms with Crippen molar-refractivity contribution >= 4 is 11.9 Å². The lowest BCUT2D eigenvalue weighted by atomic mass is 9.77. The van der Waals surface area contributed by atoms with Crippen LogP contribution in [0.15, 0.2) is 24.3 Å². The second kappa shape index (κ2) is 9.09. The molecule has 1 atom stereocenters. The van der Waals surface area contributed by atoms with Gasteiger partial charge in [-0.2, -0.15) is 8.78 Å². The molecule has 1 fully saturated rings. The molecule has 1 aromatic rings. The number of carbonyl (C=O) groups is 2. The van der Waals surface area contributed by atoms with Crippen LogP contribution in [0.5, 0.6) is 5.75 Å². The van der Waals surface area contributed by atoms with Gasteiger partial charge in [-0.05, 0) is 61.8 Å². The lowest BCUT2D eigenvalue weighted by Gasteiger charge is -2.41. The van der Waals surface area contributed by atoms with Crippen LogP contribution in [0, 0.1) is 11.8 Å². The minimum atomic E-state index is -4.28. The van der Waals surface area contributed by atoms with E-state index in [1.54, 1.807) is 12.1 Å². The van der Waals surface area contributed by atoms with Crippen LogP contribution < -0.4 is 9.84 Å². The molecular weight excluding hydrogens is 382 g/mol. The summed E-state index contributed by atoms with van der Waals surface area (Å²) in [7, 11) is 0. The molecule has 0 radical (unpaired) electrons. The van der Waals surface area contributed by atoms with Crippen molar-refractivity contribution in [2.75, 3.05) is 0 Å². The average Bonchev–Trinajstić information content (AvgIpc) is 2.66. The Balaban J connectivity index is 2.12. The van der Waals surface area contributed by atoms with Crippen molar-refractivity contribution in [1.82, 2.24) is 0 Å². The summed E-state index contributed by atoms with van der Waals surface area (Å²) < 4.78 is 38.7. The summed E-state index contributed by atoms with van der Waals surface area (Å²) in [6, 6.07) is 6.08. The highest BCUT2D eigenvalue weighted by Gasteiger charge is 2.46. The Bertz CT molecular complexity index is 706. The molecule has 1 aromatic carbocycles. The highest BCUT2D eigenvalue weighted by Crippen LogP contribution is 2.38. The monoisotopic (exact) mass is 411 g/mol. The first-order valence-corrected chi connectivity index (χ1v) is 10.1. The maximum Gasteiger partial charge on any atom is 0.338 e.